The average molecular weight is 767 g/mol. The van der Waals surface area contributed by atoms with Crippen LogP contribution in [0.15, 0.2) is 191 Å². The molecule has 13 rings (SSSR count). The summed E-state index contributed by atoms with van der Waals surface area (Å²) in [7, 11) is 0. The fraction of sp³-hybridized carbons (Fsp3) is 0. The van der Waals surface area contributed by atoms with Crippen molar-refractivity contribution in [1.29, 1.82) is 0 Å². The minimum absolute atomic E-state index is 0.684. The lowest BCUT2D eigenvalue weighted by Crippen LogP contribution is -1.93. The van der Waals surface area contributed by atoms with E-state index in [9.17, 15) is 0 Å². The van der Waals surface area contributed by atoms with Gasteiger partial charge in [0.1, 0.15) is 22.3 Å². The summed E-state index contributed by atoms with van der Waals surface area (Å²) in [6.07, 6.45) is 7.74. The van der Waals surface area contributed by atoms with Gasteiger partial charge in [-0.05, 0) is 92.0 Å². The SMILES string of the molecule is c1ccc(-c2ncc(-c3cc4cc5c(cc(-c6cnc(-c7ccccc7)nc6)c6c5ccc5c7ccccc7oc56)cc4c4ccc5c6ccccc6oc5c34)cn2)cc1. The zero-order chi connectivity index (χ0) is 39.3. The summed E-state index contributed by atoms with van der Waals surface area (Å²) in [5, 5.41) is 13.0. The number of benzene rings is 9. The predicted molar refractivity (Wildman–Crippen MR) is 244 cm³/mol. The van der Waals surface area contributed by atoms with E-state index in [4.69, 9.17) is 28.8 Å². The summed E-state index contributed by atoms with van der Waals surface area (Å²) < 4.78 is 13.5. The Labute approximate surface area is 342 Å². The number of hydrogen-bond donors (Lipinski definition) is 0. The number of furan rings is 2. The van der Waals surface area contributed by atoms with Crippen LogP contribution >= 0.6 is 0 Å². The molecule has 13 aromatic rings. The van der Waals surface area contributed by atoms with Crippen molar-refractivity contribution in [2.75, 3.05) is 0 Å². The van der Waals surface area contributed by atoms with Gasteiger partial charge in [-0.3, -0.25) is 0 Å². The third-order valence-corrected chi connectivity index (χ3v) is 12.0. The first-order valence-corrected chi connectivity index (χ1v) is 20.0. The fourth-order valence-corrected chi connectivity index (χ4v) is 9.22. The highest BCUT2D eigenvalue weighted by Gasteiger charge is 2.21. The first-order chi connectivity index (χ1) is 29.7. The molecule has 4 heterocycles. The highest BCUT2D eigenvalue weighted by Crippen LogP contribution is 2.46. The van der Waals surface area contributed by atoms with Gasteiger partial charge in [0.15, 0.2) is 11.6 Å². The van der Waals surface area contributed by atoms with E-state index in [0.29, 0.717) is 11.6 Å². The topological polar surface area (TPSA) is 77.8 Å². The van der Waals surface area contributed by atoms with Gasteiger partial charge < -0.3 is 8.83 Å². The minimum atomic E-state index is 0.684. The summed E-state index contributed by atoms with van der Waals surface area (Å²) >= 11 is 0. The Balaban J connectivity index is 1.11. The molecule has 0 aliphatic rings. The quantitative estimate of drug-likeness (QED) is 0.131. The molecule has 4 aromatic heterocycles. The van der Waals surface area contributed by atoms with Gasteiger partial charge in [0.05, 0.1) is 0 Å². The molecule has 9 aromatic carbocycles. The standard InChI is InChI=1S/C54H30N4O2/c1-3-11-31(12-4-1)53-55-27-35(28-56-53)45-25-33-23-44-34(24-43(33)39-19-21-41-37-15-7-9-17-47(37)59-51(41)49(39)45)26-46(36-29-57-54(58-30-36)32-13-5-2-6-14-32)50-40(44)20-22-42-38-16-8-10-18-48(38)60-52(42)50/h1-30H. The zero-order valence-corrected chi connectivity index (χ0v) is 31.9. The van der Waals surface area contributed by atoms with Gasteiger partial charge in [-0.1, -0.05) is 109 Å². The number of para-hydroxylation sites is 2. The van der Waals surface area contributed by atoms with E-state index in [0.717, 1.165) is 120 Å². The van der Waals surface area contributed by atoms with Gasteiger partial charge in [0, 0.05) is 79.4 Å². The molecule has 0 amide bonds. The maximum Gasteiger partial charge on any atom is 0.159 e. The molecule has 0 aliphatic heterocycles. The molecule has 0 fully saturated rings. The molecule has 6 heteroatoms. The monoisotopic (exact) mass is 766 g/mol. The number of hydrogen-bond acceptors (Lipinski definition) is 6. The maximum absolute atomic E-state index is 6.73. The molecular formula is C54H30N4O2. The molecule has 0 unspecified atom stereocenters. The Hall–Kier alpha value is -8.22. The summed E-state index contributed by atoms with van der Waals surface area (Å²) in [4.78, 5) is 19.5. The highest BCUT2D eigenvalue weighted by atomic mass is 16.3. The number of aromatic nitrogens is 4. The zero-order valence-electron chi connectivity index (χ0n) is 31.9. The molecule has 0 N–H and O–H groups in total. The second-order valence-electron chi connectivity index (χ2n) is 15.4. The van der Waals surface area contributed by atoms with Crippen LogP contribution in [0.5, 0.6) is 0 Å². The molecule has 0 saturated carbocycles. The van der Waals surface area contributed by atoms with E-state index in [1.807, 2.05) is 110 Å². The molecule has 6 nitrogen and oxygen atoms in total. The van der Waals surface area contributed by atoms with Crippen molar-refractivity contribution in [1.82, 2.24) is 19.9 Å². The van der Waals surface area contributed by atoms with Crippen LogP contribution in [0.3, 0.4) is 0 Å². The largest absolute Gasteiger partial charge is 0.455 e. The van der Waals surface area contributed by atoms with E-state index in [-0.39, 0.29) is 0 Å². The van der Waals surface area contributed by atoms with Crippen LogP contribution in [-0.2, 0) is 0 Å². The van der Waals surface area contributed by atoms with Crippen LogP contribution < -0.4 is 0 Å². The van der Waals surface area contributed by atoms with Crippen molar-refractivity contribution in [3.63, 3.8) is 0 Å². The van der Waals surface area contributed by atoms with E-state index in [1.165, 1.54) is 0 Å². The molecule has 0 saturated heterocycles. The molecule has 278 valence electrons. The van der Waals surface area contributed by atoms with E-state index in [1.54, 1.807) is 0 Å². The predicted octanol–water partition coefficient (Wildman–Crippen LogP) is 14.3. The van der Waals surface area contributed by atoms with Crippen molar-refractivity contribution in [3.8, 4) is 45.0 Å². The van der Waals surface area contributed by atoms with Gasteiger partial charge in [0.2, 0.25) is 0 Å². The normalized spacial score (nSPS) is 12.0. The summed E-state index contributed by atoms with van der Waals surface area (Å²) in [6.45, 7) is 0. The highest BCUT2D eigenvalue weighted by molar-refractivity contribution is 6.30. The molecule has 0 bridgehead atoms. The molecule has 0 aliphatic carbocycles. The molecule has 0 atom stereocenters. The third kappa shape index (κ3) is 4.88. The molecule has 0 spiro atoms. The van der Waals surface area contributed by atoms with Crippen LogP contribution in [0, 0.1) is 0 Å². The van der Waals surface area contributed by atoms with Crippen LogP contribution in [0.1, 0.15) is 0 Å². The van der Waals surface area contributed by atoms with Crippen molar-refractivity contribution in [3.05, 3.63) is 183 Å². The third-order valence-electron chi connectivity index (χ3n) is 12.0. The summed E-state index contributed by atoms with van der Waals surface area (Å²) in [5.41, 5.74) is 9.21. The van der Waals surface area contributed by atoms with E-state index in [2.05, 4.69) is 72.8 Å². The lowest BCUT2D eigenvalue weighted by atomic mass is 9.88. The molecule has 60 heavy (non-hydrogen) atoms. The van der Waals surface area contributed by atoms with Gasteiger partial charge in [-0.25, -0.2) is 19.9 Å². The number of rotatable bonds is 4. The Morgan fingerprint density at radius 1 is 0.300 bits per heavy atom. The van der Waals surface area contributed by atoms with Gasteiger partial charge in [0.25, 0.3) is 0 Å². The van der Waals surface area contributed by atoms with Crippen molar-refractivity contribution in [2.24, 2.45) is 0 Å². The fourth-order valence-electron chi connectivity index (χ4n) is 9.22. The maximum atomic E-state index is 6.73. The van der Waals surface area contributed by atoms with Gasteiger partial charge in [-0.2, -0.15) is 0 Å². The Kier molecular flexibility index (Phi) is 6.91. The van der Waals surface area contributed by atoms with Crippen LogP contribution in [0.2, 0.25) is 0 Å². The smallest absolute Gasteiger partial charge is 0.159 e. The summed E-state index contributed by atoms with van der Waals surface area (Å²) in [6, 6.07) is 54.7. The Morgan fingerprint density at radius 3 is 1.12 bits per heavy atom. The number of nitrogens with zero attached hydrogens (tertiary/aromatic N) is 4. The second kappa shape index (κ2) is 12.6. The van der Waals surface area contributed by atoms with E-state index < -0.39 is 0 Å². The van der Waals surface area contributed by atoms with Crippen LogP contribution in [-0.4, -0.2) is 19.9 Å². The Morgan fingerprint density at radius 2 is 0.683 bits per heavy atom. The first kappa shape index (κ1) is 32.8. The van der Waals surface area contributed by atoms with Crippen LogP contribution in [0.4, 0.5) is 0 Å². The van der Waals surface area contributed by atoms with Crippen molar-refractivity contribution < 1.29 is 8.83 Å². The number of fused-ring (bicyclic) bond motifs is 14. The molecular weight excluding hydrogens is 737 g/mol. The van der Waals surface area contributed by atoms with Gasteiger partial charge in [-0.15, -0.1) is 0 Å². The lowest BCUT2D eigenvalue weighted by molar-refractivity contribution is 0.672. The first-order valence-electron chi connectivity index (χ1n) is 20.0. The minimum Gasteiger partial charge on any atom is -0.455 e. The van der Waals surface area contributed by atoms with Gasteiger partial charge >= 0.3 is 0 Å². The van der Waals surface area contributed by atoms with Crippen molar-refractivity contribution >= 4 is 87.0 Å². The second-order valence-corrected chi connectivity index (χ2v) is 15.4. The lowest BCUT2D eigenvalue weighted by Gasteiger charge is -2.15. The van der Waals surface area contributed by atoms with Crippen LogP contribution in [0.25, 0.3) is 132 Å². The molecule has 0 radical (unpaired) electrons. The Bertz CT molecular complexity index is 3600. The summed E-state index contributed by atoms with van der Waals surface area (Å²) in [5.74, 6) is 1.37. The van der Waals surface area contributed by atoms with Crippen molar-refractivity contribution in [2.45, 2.75) is 0 Å². The average Bonchev–Trinajstić information content (AvgIpc) is 3.90. The van der Waals surface area contributed by atoms with E-state index >= 15 is 0 Å².